The topological polar surface area (TPSA) is 175 Å². The molecular weight excluding hydrogens is 636 g/mol. The molecule has 0 spiro atoms. The number of imidazole rings is 1. The number of nitrogens with one attached hydrogen (secondary N) is 5. The van der Waals surface area contributed by atoms with Crippen LogP contribution in [-0.2, 0) is 38.6 Å². The fourth-order valence-corrected chi connectivity index (χ4v) is 6.16. The Bertz CT molecular complexity index is 1460. The summed E-state index contributed by atoms with van der Waals surface area (Å²) < 4.78 is 5.41. The van der Waals surface area contributed by atoms with Crippen LogP contribution in [0.3, 0.4) is 0 Å². The molecule has 12 nitrogen and oxygen atoms in total. The fourth-order valence-electron chi connectivity index (χ4n) is 6.16. The number of aromatic amines is 1. The molecule has 12 heteroatoms. The maximum absolute atomic E-state index is 14.0. The molecule has 270 valence electrons. The van der Waals surface area contributed by atoms with Gasteiger partial charge in [0.15, 0.2) is 0 Å². The summed E-state index contributed by atoms with van der Waals surface area (Å²) in [6.07, 6.45) is 7.04. The van der Waals surface area contributed by atoms with E-state index in [2.05, 4.69) is 31.2 Å². The Hall–Kier alpha value is -4.71. The summed E-state index contributed by atoms with van der Waals surface area (Å²) in [6, 6.07) is 15.6. The van der Waals surface area contributed by atoms with Crippen LogP contribution in [0.5, 0.6) is 0 Å². The number of aliphatic hydroxyl groups excluding tert-OH is 1. The van der Waals surface area contributed by atoms with Crippen LogP contribution in [-0.4, -0.2) is 69.7 Å². The van der Waals surface area contributed by atoms with Crippen molar-refractivity contribution < 1.29 is 29.0 Å². The van der Waals surface area contributed by atoms with Crippen molar-refractivity contribution in [3.8, 4) is 0 Å². The number of nitrogens with zero attached hydrogens (tertiary/aromatic N) is 1. The zero-order chi connectivity index (χ0) is 35.7. The molecule has 3 aromatic rings. The van der Waals surface area contributed by atoms with E-state index >= 15 is 0 Å². The third kappa shape index (κ3) is 13.3. The highest BCUT2D eigenvalue weighted by atomic mass is 16.5. The second-order valence-corrected chi connectivity index (χ2v) is 13.6. The summed E-state index contributed by atoms with van der Waals surface area (Å²) in [5, 5.41) is 22.7. The highest BCUT2D eigenvalue weighted by Gasteiger charge is 2.33. The summed E-state index contributed by atoms with van der Waals surface area (Å²) >= 11 is 0. The molecule has 50 heavy (non-hydrogen) atoms. The molecule has 4 amide bonds. The number of hydrogen-bond donors (Lipinski definition) is 6. The van der Waals surface area contributed by atoms with Crippen molar-refractivity contribution in [3.63, 3.8) is 0 Å². The van der Waals surface area contributed by atoms with Gasteiger partial charge in [0.25, 0.3) is 0 Å². The maximum atomic E-state index is 14.0. The van der Waals surface area contributed by atoms with E-state index in [-0.39, 0.29) is 37.7 Å². The number of ether oxygens (including phenoxy) is 1. The van der Waals surface area contributed by atoms with Gasteiger partial charge < -0.3 is 36.1 Å². The molecule has 1 aliphatic carbocycles. The molecule has 0 saturated heterocycles. The first-order valence-electron chi connectivity index (χ1n) is 17.7. The molecule has 0 bridgehead atoms. The van der Waals surface area contributed by atoms with Crippen LogP contribution in [0, 0.1) is 11.8 Å². The minimum absolute atomic E-state index is 0.0252. The number of carbonyl (C=O) groups is 4. The van der Waals surface area contributed by atoms with Gasteiger partial charge in [0, 0.05) is 31.3 Å². The first-order chi connectivity index (χ1) is 24.2. The second-order valence-electron chi connectivity index (χ2n) is 13.6. The number of benzene rings is 2. The Labute approximate surface area is 294 Å². The lowest BCUT2D eigenvalue weighted by Gasteiger charge is -2.31. The van der Waals surface area contributed by atoms with Crippen molar-refractivity contribution in [2.75, 3.05) is 6.54 Å². The van der Waals surface area contributed by atoms with E-state index in [9.17, 15) is 24.3 Å². The van der Waals surface area contributed by atoms with Gasteiger partial charge in [-0.2, -0.15) is 0 Å². The van der Waals surface area contributed by atoms with E-state index < -0.39 is 42.1 Å². The number of carbonyl (C=O) groups excluding carboxylic acids is 4. The van der Waals surface area contributed by atoms with Gasteiger partial charge in [-0.3, -0.25) is 14.4 Å². The van der Waals surface area contributed by atoms with Crippen LogP contribution in [0.1, 0.15) is 75.6 Å². The Kier molecular flexibility index (Phi) is 15.3. The molecule has 4 rings (SSSR count). The number of rotatable bonds is 18. The van der Waals surface area contributed by atoms with Gasteiger partial charge in [-0.05, 0) is 29.4 Å². The van der Waals surface area contributed by atoms with E-state index in [1.165, 1.54) is 6.33 Å². The minimum Gasteiger partial charge on any atom is -0.445 e. The summed E-state index contributed by atoms with van der Waals surface area (Å²) in [5.41, 5.74) is 2.21. The Balaban J connectivity index is 1.50. The quantitative estimate of drug-likeness (QED) is 0.117. The van der Waals surface area contributed by atoms with E-state index in [0.717, 1.165) is 43.2 Å². The Morgan fingerprint density at radius 1 is 0.860 bits per heavy atom. The van der Waals surface area contributed by atoms with Crippen LogP contribution in [0.25, 0.3) is 0 Å². The second kappa shape index (κ2) is 20.1. The summed E-state index contributed by atoms with van der Waals surface area (Å²) in [7, 11) is 0. The van der Waals surface area contributed by atoms with Crippen LogP contribution in [0.4, 0.5) is 4.79 Å². The van der Waals surface area contributed by atoms with Gasteiger partial charge in [0.1, 0.15) is 18.7 Å². The summed E-state index contributed by atoms with van der Waals surface area (Å²) in [4.78, 5) is 60.6. The van der Waals surface area contributed by atoms with Crippen LogP contribution in [0.15, 0.2) is 73.2 Å². The summed E-state index contributed by atoms with van der Waals surface area (Å²) in [6.45, 7) is 4.49. The lowest BCUT2D eigenvalue weighted by molar-refractivity contribution is -0.131. The molecule has 6 N–H and O–H groups in total. The number of alkyl carbamates (subject to hydrolysis) is 1. The molecule has 2 unspecified atom stereocenters. The van der Waals surface area contributed by atoms with Crippen LogP contribution >= 0.6 is 0 Å². The van der Waals surface area contributed by atoms with E-state index in [1.807, 2.05) is 74.5 Å². The van der Waals surface area contributed by atoms with Crippen molar-refractivity contribution in [1.29, 1.82) is 0 Å². The van der Waals surface area contributed by atoms with E-state index in [0.29, 0.717) is 24.6 Å². The van der Waals surface area contributed by atoms with Crippen molar-refractivity contribution in [3.05, 3.63) is 90.0 Å². The van der Waals surface area contributed by atoms with Gasteiger partial charge >= 0.3 is 6.09 Å². The Morgan fingerprint density at radius 2 is 1.50 bits per heavy atom. The molecule has 2 aromatic carbocycles. The van der Waals surface area contributed by atoms with Gasteiger partial charge in [-0.15, -0.1) is 0 Å². The minimum atomic E-state index is -1.12. The molecule has 0 radical (unpaired) electrons. The normalized spacial score (nSPS) is 15.7. The molecule has 1 saturated carbocycles. The third-order valence-electron chi connectivity index (χ3n) is 8.92. The van der Waals surface area contributed by atoms with Crippen molar-refractivity contribution in [2.24, 2.45) is 11.8 Å². The van der Waals surface area contributed by atoms with Crippen molar-refractivity contribution in [2.45, 2.75) is 102 Å². The first-order valence-corrected chi connectivity index (χ1v) is 17.7. The molecule has 1 aliphatic rings. The SMILES string of the molecule is CC(C)CNC(=O)CC(O)C(CC1CCCCC1)NC(=O)[C@H](Cc1cnc[nH]1)NC(=O)[C@H](Cc1ccccc1)NC(=O)OCc1ccccc1. The summed E-state index contributed by atoms with van der Waals surface area (Å²) in [5.74, 6) is -0.829. The highest BCUT2D eigenvalue weighted by Crippen LogP contribution is 2.28. The monoisotopic (exact) mass is 688 g/mol. The van der Waals surface area contributed by atoms with Crippen molar-refractivity contribution in [1.82, 2.24) is 31.2 Å². The Morgan fingerprint density at radius 3 is 2.14 bits per heavy atom. The zero-order valence-electron chi connectivity index (χ0n) is 29.1. The highest BCUT2D eigenvalue weighted by molar-refractivity contribution is 5.91. The predicted octanol–water partition coefficient (Wildman–Crippen LogP) is 3.95. The number of aromatic nitrogens is 2. The molecule has 0 aliphatic heterocycles. The van der Waals surface area contributed by atoms with Crippen LogP contribution < -0.4 is 21.3 Å². The maximum Gasteiger partial charge on any atom is 0.408 e. The lowest BCUT2D eigenvalue weighted by Crippen LogP contribution is -2.57. The molecular formula is C38H52N6O6. The molecule has 1 heterocycles. The fraction of sp³-hybridized carbons (Fsp3) is 0.500. The van der Waals surface area contributed by atoms with Gasteiger partial charge in [0.2, 0.25) is 17.7 Å². The zero-order valence-corrected chi connectivity index (χ0v) is 29.1. The number of H-pyrrole nitrogens is 1. The average Bonchev–Trinajstić information content (AvgIpc) is 3.63. The molecule has 1 fully saturated rings. The number of amides is 4. The van der Waals surface area contributed by atoms with E-state index in [1.54, 1.807) is 6.20 Å². The van der Waals surface area contributed by atoms with E-state index in [4.69, 9.17) is 4.74 Å². The van der Waals surface area contributed by atoms with Gasteiger partial charge in [-0.1, -0.05) is 107 Å². The first kappa shape index (κ1) is 38.1. The largest absolute Gasteiger partial charge is 0.445 e. The van der Waals surface area contributed by atoms with Gasteiger partial charge in [-0.25, -0.2) is 9.78 Å². The van der Waals surface area contributed by atoms with Crippen LogP contribution in [0.2, 0.25) is 0 Å². The standard InChI is InChI=1S/C38H52N6O6/c1-26(2)22-40-35(46)21-34(45)31(18-27-12-6-3-7-13-27)42-37(48)33(20-30-23-39-25-41-30)43-36(47)32(19-28-14-8-4-9-15-28)44-38(49)50-24-29-16-10-5-11-17-29/h4-5,8-11,14-17,23,25-27,31-34,45H,3,6-7,12-13,18-22,24H2,1-2H3,(H,39,41)(H,40,46)(H,42,48)(H,43,47)(H,44,49)/t31?,32-,33-,34?/m0/s1. The molecule has 1 aromatic heterocycles. The lowest BCUT2D eigenvalue weighted by atomic mass is 9.83. The average molecular weight is 689 g/mol. The smallest absolute Gasteiger partial charge is 0.408 e. The third-order valence-corrected chi connectivity index (χ3v) is 8.92. The van der Waals surface area contributed by atoms with Crippen molar-refractivity contribution >= 4 is 23.8 Å². The molecule has 4 atom stereocenters. The van der Waals surface area contributed by atoms with Gasteiger partial charge in [0.05, 0.1) is 24.9 Å². The number of hydrogen-bond acceptors (Lipinski definition) is 7. The predicted molar refractivity (Wildman–Crippen MR) is 190 cm³/mol. The number of aliphatic hydroxyl groups is 1.